The lowest BCUT2D eigenvalue weighted by Crippen LogP contribution is -2.41. The molecule has 2 N–H and O–H groups in total. The molecular weight excluding hydrogens is 236 g/mol. The molecule has 3 nitrogen and oxygen atoms in total. The van der Waals surface area contributed by atoms with E-state index in [9.17, 15) is 4.79 Å². The van der Waals surface area contributed by atoms with Crippen LogP contribution >= 0.6 is 0 Å². The lowest BCUT2D eigenvalue weighted by molar-refractivity contribution is -0.133. The van der Waals surface area contributed by atoms with Crippen molar-refractivity contribution in [3.63, 3.8) is 0 Å². The molecule has 0 spiro atoms. The highest BCUT2D eigenvalue weighted by Gasteiger charge is 2.34. The highest BCUT2D eigenvalue weighted by molar-refractivity contribution is 5.83. The number of nitrogens with zero attached hydrogens (tertiary/aromatic N) is 1. The first-order valence-electron chi connectivity index (χ1n) is 7.20. The molecule has 2 rings (SSSR count). The second kappa shape index (κ2) is 6.20. The first-order chi connectivity index (χ1) is 9.09. The largest absolute Gasteiger partial charge is 0.338 e. The fourth-order valence-electron chi connectivity index (χ4n) is 2.24. The summed E-state index contributed by atoms with van der Waals surface area (Å²) in [5.74, 6) is 0.691. The molecule has 1 aliphatic rings. The van der Waals surface area contributed by atoms with Crippen LogP contribution in [-0.4, -0.2) is 23.4 Å². The smallest absolute Gasteiger partial charge is 0.244 e. The predicted molar refractivity (Wildman–Crippen MR) is 77.6 cm³/mol. The van der Waals surface area contributed by atoms with Gasteiger partial charge in [0.1, 0.15) is 6.04 Å². The lowest BCUT2D eigenvalue weighted by atomic mass is 10.1. The number of nitrogens with two attached hydrogens (primary N) is 1. The molecular formula is C16H24N2O. The van der Waals surface area contributed by atoms with E-state index in [0.29, 0.717) is 12.0 Å². The van der Waals surface area contributed by atoms with Crippen LogP contribution in [0.4, 0.5) is 0 Å². The van der Waals surface area contributed by atoms with Gasteiger partial charge in [-0.1, -0.05) is 44.2 Å². The summed E-state index contributed by atoms with van der Waals surface area (Å²) in [5, 5.41) is 0. The van der Waals surface area contributed by atoms with Crippen LogP contribution in [0.1, 0.15) is 44.7 Å². The van der Waals surface area contributed by atoms with E-state index >= 15 is 0 Å². The summed E-state index contributed by atoms with van der Waals surface area (Å²) >= 11 is 0. The maximum Gasteiger partial charge on any atom is 0.244 e. The van der Waals surface area contributed by atoms with Gasteiger partial charge in [-0.2, -0.15) is 0 Å². The lowest BCUT2D eigenvalue weighted by Gasteiger charge is -2.26. The quantitative estimate of drug-likeness (QED) is 0.855. The van der Waals surface area contributed by atoms with Crippen molar-refractivity contribution < 1.29 is 4.79 Å². The van der Waals surface area contributed by atoms with E-state index in [0.717, 1.165) is 31.4 Å². The molecule has 0 radical (unpaired) electrons. The number of benzene rings is 1. The minimum Gasteiger partial charge on any atom is -0.338 e. The van der Waals surface area contributed by atoms with E-state index in [1.165, 1.54) is 0 Å². The highest BCUT2D eigenvalue weighted by Crippen LogP contribution is 2.29. The van der Waals surface area contributed by atoms with E-state index in [-0.39, 0.29) is 5.91 Å². The zero-order valence-electron chi connectivity index (χ0n) is 11.9. The second-order valence-electron chi connectivity index (χ2n) is 5.83. The maximum absolute atomic E-state index is 12.5. The van der Waals surface area contributed by atoms with Crippen molar-refractivity contribution in [2.24, 2.45) is 11.7 Å². The van der Waals surface area contributed by atoms with Crippen LogP contribution in [-0.2, 0) is 4.79 Å². The fraction of sp³-hybridized carbons (Fsp3) is 0.562. The first-order valence-corrected chi connectivity index (χ1v) is 7.20. The van der Waals surface area contributed by atoms with E-state index in [1.807, 2.05) is 35.2 Å². The maximum atomic E-state index is 12.5. The van der Waals surface area contributed by atoms with E-state index in [2.05, 4.69) is 13.8 Å². The molecule has 0 bridgehead atoms. The van der Waals surface area contributed by atoms with Gasteiger partial charge in [0, 0.05) is 12.6 Å². The van der Waals surface area contributed by atoms with Crippen LogP contribution in [0.25, 0.3) is 0 Å². The molecule has 0 aromatic heterocycles. The van der Waals surface area contributed by atoms with E-state index in [1.54, 1.807) is 0 Å². The van der Waals surface area contributed by atoms with Crippen LogP contribution in [0.15, 0.2) is 30.3 Å². The molecule has 1 fully saturated rings. The third kappa shape index (κ3) is 3.80. The molecule has 1 amide bonds. The minimum absolute atomic E-state index is 0.0781. The molecule has 0 saturated heterocycles. The van der Waals surface area contributed by atoms with Gasteiger partial charge >= 0.3 is 0 Å². The molecule has 3 heteroatoms. The van der Waals surface area contributed by atoms with Gasteiger partial charge in [-0.25, -0.2) is 0 Å². The van der Waals surface area contributed by atoms with Gasteiger partial charge in [0.15, 0.2) is 0 Å². The van der Waals surface area contributed by atoms with Crippen molar-refractivity contribution in [3.8, 4) is 0 Å². The Morgan fingerprint density at radius 1 is 1.32 bits per heavy atom. The van der Waals surface area contributed by atoms with Crippen molar-refractivity contribution in [1.29, 1.82) is 0 Å². The summed E-state index contributed by atoms with van der Waals surface area (Å²) < 4.78 is 0. The normalized spacial score (nSPS) is 16.4. The van der Waals surface area contributed by atoms with Gasteiger partial charge in [0.2, 0.25) is 5.91 Å². The fourth-order valence-corrected chi connectivity index (χ4v) is 2.24. The molecule has 0 aliphatic heterocycles. The SMILES string of the molecule is CC(C)CCN(C(=O)C(N)c1ccccc1)C1CC1. The summed E-state index contributed by atoms with van der Waals surface area (Å²) in [7, 11) is 0. The molecule has 1 atom stereocenters. The van der Waals surface area contributed by atoms with Crippen molar-refractivity contribution in [3.05, 3.63) is 35.9 Å². The zero-order valence-corrected chi connectivity index (χ0v) is 11.9. The highest BCUT2D eigenvalue weighted by atomic mass is 16.2. The molecule has 1 aromatic rings. The predicted octanol–water partition coefficient (Wildman–Crippen LogP) is 2.72. The van der Waals surface area contributed by atoms with Gasteiger partial charge in [-0.15, -0.1) is 0 Å². The van der Waals surface area contributed by atoms with Crippen molar-refractivity contribution in [2.45, 2.75) is 45.2 Å². The number of hydrogen-bond acceptors (Lipinski definition) is 2. The Hall–Kier alpha value is -1.35. The Bertz CT molecular complexity index is 412. The van der Waals surface area contributed by atoms with Crippen LogP contribution in [0.5, 0.6) is 0 Å². The first kappa shape index (κ1) is 14.1. The molecule has 1 aromatic carbocycles. The minimum atomic E-state index is -0.519. The third-order valence-corrected chi connectivity index (χ3v) is 3.64. The third-order valence-electron chi connectivity index (χ3n) is 3.64. The topological polar surface area (TPSA) is 46.3 Å². The van der Waals surface area contributed by atoms with Crippen LogP contribution in [0.2, 0.25) is 0 Å². The van der Waals surface area contributed by atoms with Gasteiger partial charge < -0.3 is 10.6 Å². The van der Waals surface area contributed by atoms with E-state index < -0.39 is 6.04 Å². The van der Waals surface area contributed by atoms with Gasteiger partial charge in [0.25, 0.3) is 0 Å². The van der Waals surface area contributed by atoms with Crippen LogP contribution < -0.4 is 5.73 Å². The Balaban J connectivity index is 2.02. The molecule has 1 unspecified atom stereocenters. The van der Waals surface area contributed by atoms with Gasteiger partial charge in [-0.3, -0.25) is 4.79 Å². The number of hydrogen-bond donors (Lipinski definition) is 1. The summed E-state index contributed by atoms with van der Waals surface area (Å²) in [6.45, 7) is 5.21. The number of carbonyl (C=O) groups is 1. The Kier molecular flexibility index (Phi) is 4.59. The molecule has 1 aliphatic carbocycles. The zero-order chi connectivity index (χ0) is 13.8. The number of rotatable bonds is 6. The molecule has 0 heterocycles. The van der Waals surface area contributed by atoms with E-state index in [4.69, 9.17) is 5.73 Å². The standard InChI is InChI=1S/C16H24N2O/c1-12(2)10-11-18(14-8-9-14)16(19)15(17)13-6-4-3-5-7-13/h3-7,12,14-15H,8-11,17H2,1-2H3. The Morgan fingerprint density at radius 3 is 2.47 bits per heavy atom. The van der Waals surface area contributed by atoms with Gasteiger partial charge in [0.05, 0.1) is 0 Å². The average Bonchev–Trinajstić information content (AvgIpc) is 3.23. The van der Waals surface area contributed by atoms with Crippen LogP contribution in [0.3, 0.4) is 0 Å². The van der Waals surface area contributed by atoms with Crippen molar-refractivity contribution in [1.82, 2.24) is 4.90 Å². The number of amides is 1. The van der Waals surface area contributed by atoms with Crippen molar-refractivity contribution >= 4 is 5.91 Å². The molecule has 19 heavy (non-hydrogen) atoms. The average molecular weight is 260 g/mol. The molecule has 104 valence electrons. The summed E-state index contributed by atoms with van der Waals surface area (Å²) in [6, 6.07) is 9.57. The van der Waals surface area contributed by atoms with Gasteiger partial charge in [-0.05, 0) is 30.7 Å². The Morgan fingerprint density at radius 2 is 1.95 bits per heavy atom. The molecule has 1 saturated carbocycles. The second-order valence-corrected chi connectivity index (χ2v) is 5.83. The monoisotopic (exact) mass is 260 g/mol. The Labute approximate surface area is 115 Å². The summed E-state index contributed by atoms with van der Waals surface area (Å²) in [4.78, 5) is 14.5. The number of carbonyl (C=O) groups excluding carboxylic acids is 1. The van der Waals surface area contributed by atoms with Crippen LogP contribution in [0, 0.1) is 5.92 Å². The summed E-state index contributed by atoms with van der Waals surface area (Å²) in [5.41, 5.74) is 7.03. The summed E-state index contributed by atoms with van der Waals surface area (Å²) in [6.07, 6.45) is 3.31. The van der Waals surface area contributed by atoms with Crippen molar-refractivity contribution in [2.75, 3.05) is 6.54 Å².